The number of pyridine rings is 2. The number of aliphatic hydroxyl groups excluding tert-OH is 1. The van der Waals surface area contributed by atoms with Gasteiger partial charge in [0.2, 0.25) is 0 Å². The summed E-state index contributed by atoms with van der Waals surface area (Å²) in [5.74, 6) is 2.65. The molecule has 1 aliphatic heterocycles. The number of hydrogen-bond donors (Lipinski definition) is 1. The number of hydrogen-bond acceptors (Lipinski definition) is 5. The molecule has 3 heterocycles. The molecular formula is C26H31N3O2. The van der Waals surface area contributed by atoms with Crippen molar-refractivity contribution in [2.24, 2.45) is 23.2 Å². The normalized spacial score (nSPS) is 22.9. The Morgan fingerprint density at radius 3 is 2.55 bits per heavy atom. The van der Waals surface area contributed by atoms with E-state index in [1.807, 2.05) is 58.2 Å². The second-order valence-electron chi connectivity index (χ2n) is 9.60. The Morgan fingerprint density at radius 1 is 1.26 bits per heavy atom. The van der Waals surface area contributed by atoms with Crippen LogP contribution >= 0.6 is 0 Å². The van der Waals surface area contributed by atoms with Crippen molar-refractivity contribution in [3.63, 3.8) is 0 Å². The smallest absolute Gasteiger partial charge is 0.170 e. The quantitative estimate of drug-likeness (QED) is 0.702. The Labute approximate surface area is 184 Å². The first-order valence-electron chi connectivity index (χ1n) is 11.0. The maximum Gasteiger partial charge on any atom is 0.170 e. The van der Waals surface area contributed by atoms with Gasteiger partial charge in [0.25, 0.3) is 0 Å². The lowest BCUT2D eigenvalue weighted by molar-refractivity contribution is -0.120. The molecule has 2 aromatic heterocycles. The van der Waals surface area contributed by atoms with Crippen LogP contribution in [0, 0.1) is 23.2 Å². The summed E-state index contributed by atoms with van der Waals surface area (Å²) < 4.78 is 0. The molecule has 0 unspecified atom stereocenters. The Kier molecular flexibility index (Phi) is 5.56. The van der Waals surface area contributed by atoms with Crippen LogP contribution in [0.4, 0.5) is 5.82 Å². The first-order chi connectivity index (χ1) is 14.8. The molecule has 5 heteroatoms. The van der Waals surface area contributed by atoms with Crippen molar-refractivity contribution in [3.05, 3.63) is 54.4 Å². The van der Waals surface area contributed by atoms with Crippen LogP contribution in [0.1, 0.15) is 39.0 Å². The van der Waals surface area contributed by atoms with E-state index in [0.29, 0.717) is 35.6 Å². The second-order valence-corrected chi connectivity index (χ2v) is 9.60. The van der Waals surface area contributed by atoms with Gasteiger partial charge in [-0.2, -0.15) is 0 Å². The minimum Gasteiger partial charge on any atom is -0.396 e. The fraction of sp³-hybridized carbons (Fsp3) is 0.423. The average Bonchev–Trinajstić information content (AvgIpc) is 3.23. The van der Waals surface area contributed by atoms with Gasteiger partial charge in [-0.3, -0.25) is 4.79 Å². The monoisotopic (exact) mass is 417 g/mol. The van der Waals surface area contributed by atoms with E-state index >= 15 is 0 Å². The lowest BCUT2D eigenvalue weighted by Gasteiger charge is -2.21. The maximum absolute atomic E-state index is 13.0. The van der Waals surface area contributed by atoms with Crippen LogP contribution in [-0.4, -0.2) is 40.6 Å². The zero-order chi connectivity index (χ0) is 22.3. The molecule has 31 heavy (non-hydrogen) atoms. The number of aromatic nitrogens is 2. The standard InChI is InChI=1S/C26H31N3O2/c1-6-16-8-9-22(28-24(16)18(7-2)25(31)26(3,4)5)17-10-11-27-23(12-17)29-13-19-20(14-29)21(19)15-30/h6-12,19-21,30H,1,13-15H2,2-5H3/b18-7+/t19-,20+,21+. The van der Waals surface area contributed by atoms with E-state index in [0.717, 1.165) is 35.7 Å². The fourth-order valence-electron chi connectivity index (χ4n) is 4.65. The predicted molar refractivity (Wildman–Crippen MR) is 125 cm³/mol. The van der Waals surface area contributed by atoms with Gasteiger partial charge in [-0.05, 0) is 42.9 Å². The molecule has 3 atom stereocenters. The molecule has 5 nitrogen and oxygen atoms in total. The molecule has 1 N–H and O–H groups in total. The number of fused-ring (bicyclic) bond motifs is 1. The van der Waals surface area contributed by atoms with Gasteiger partial charge in [0.05, 0.1) is 11.4 Å². The van der Waals surface area contributed by atoms with Gasteiger partial charge < -0.3 is 10.0 Å². The Bertz CT molecular complexity index is 1040. The zero-order valence-corrected chi connectivity index (χ0v) is 18.8. The van der Waals surface area contributed by atoms with Crippen molar-refractivity contribution < 1.29 is 9.90 Å². The number of allylic oxidation sites excluding steroid dienone is 2. The molecule has 1 aliphatic carbocycles. The average molecular weight is 418 g/mol. The van der Waals surface area contributed by atoms with Crippen LogP contribution in [0.15, 0.2) is 43.1 Å². The van der Waals surface area contributed by atoms with E-state index in [9.17, 15) is 9.90 Å². The number of ketones is 1. The molecule has 1 saturated carbocycles. The van der Waals surface area contributed by atoms with E-state index in [1.54, 1.807) is 6.08 Å². The van der Waals surface area contributed by atoms with Crippen molar-refractivity contribution in [2.75, 3.05) is 24.6 Å². The summed E-state index contributed by atoms with van der Waals surface area (Å²) in [4.78, 5) is 24.8. The van der Waals surface area contributed by atoms with E-state index in [2.05, 4.69) is 22.5 Å². The highest BCUT2D eigenvalue weighted by Gasteiger charge is 2.55. The fourth-order valence-corrected chi connectivity index (χ4v) is 4.65. The molecule has 4 rings (SSSR count). The molecule has 0 bridgehead atoms. The largest absolute Gasteiger partial charge is 0.396 e. The number of Topliss-reactive ketones (excluding diaryl/α,β-unsaturated/α-hetero) is 1. The van der Waals surface area contributed by atoms with Gasteiger partial charge in [-0.1, -0.05) is 45.6 Å². The van der Waals surface area contributed by atoms with Crippen molar-refractivity contribution in [1.29, 1.82) is 0 Å². The Balaban J connectivity index is 1.66. The van der Waals surface area contributed by atoms with E-state index < -0.39 is 5.41 Å². The third-order valence-corrected chi connectivity index (χ3v) is 6.56. The van der Waals surface area contributed by atoms with Gasteiger partial charge in [0.1, 0.15) is 5.82 Å². The first-order valence-corrected chi connectivity index (χ1v) is 11.0. The Hall–Kier alpha value is -2.79. The molecule has 1 saturated heterocycles. The molecule has 0 aromatic carbocycles. The highest BCUT2D eigenvalue weighted by Crippen LogP contribution is 2.52. The van der Waals surface area contributed by atoms with E-state index in [4.69, 9.17) is 4.98 Å². The summed E-state index contributed by atoms with van der Waals surface area (Å²) >= 11 is 0. The molecule has 0 spiro atoms. The maximum atomic E-state index is 13.0. The van der Waals surface area contributed by atoms with E-state index in [-0.39, 0.29) is 5.78 Å². The predicted octanol–water partition coefficient (Wildman–Crippen LogP) is 4.48. The summed E-state index contributed by atoms with van der Waals surface area (Å²) in [6, 6.07) is 7.97. The lowest BCUT2D eigenvalue weighted by Crippen LogP contribution is -2.25. The van der Waals surface area contributed by atoms with Gasteiger partial charge in [-0.25, -0.2) is 9.97 Å². The SMILES string of the molecule is C=Cc1ccc(-c2ccnc(N3C[C@@H]4[C@@H](CO)[C@@H]4C3)c2)nc1/C(=C\C)C(=O)C(C)(C)C. The summed E-state index contributed by atoms with van der Waals surface area (Å²) in [6.07, 6.45) is 5.41. The van der Waals surface area contributed by atoms with E-state index in [1.165, 1.54) is 0 Å². The van der Waals surface area contributed by atoms with Crippen LogP contribution < -0.4 is 4.90 Å². The van der Waals surface area contributed by atoms with Crippen LogP contribution in [0.25, 0.3) is 22.9 Å². The zero-order valence-electron chi connectivity index (χ0n) is 18.8. The third-order valence-electron chi connectivity index (χ3n) is 6.56. The van der Waals surface area contributed by atoms with Crippen molar-refractivity contribution in [2.45, 2.75) is 27.7 Å². The number of nitrogens with zero attached hydrogens (tertiary/aromatic N) is 3. The summed E-state index contributed by atoms with van der Waals surface area (Å²) in [6.45, 7) is 13.7. The summed E-state index contributed by atoms with van der Waals surface area (Å²) in [5.41, 5.74) is 3.42. The lowest BCUT2D eigenvalue weighted by atomic mass is 9.84. The van der Waals surface area contributed by atoms with Crippen LogP contribution in [0.3, 0.4) is 0 Å². The highest BCUT2D eigenvalue weighted by molar-refractivity contribution is 6.23. The van der Waals surface area contributed by atoms with Crippen LogP contribution in [0.2, 0.25) is 0 Å². The van der Waals surface area contributed by atoms with Crippen molar-refractivity contribution in [3.8, 4) is 11.3 Å². The summed E-state index contributed by atoms with van der Waals surface area (Å²) in [5, 5.41) is 9.41. The molecule has 0 radical (unpaired) electrons. The van der Waals surface area contributed by atoms with Crippen molar-refractivity contribution >= 4 is 23.3 Å². The topological polar surface area (TPSA) is 66.3 Å². The molecule has 2 aliphatic rings. The van der Waals surface area contributed by atoms with Crippen LogP contribution in [0.5, 0.6) is 0 Å². The second kappa shape index (κ2) is 8.04. The molecular weight excluding hydrogens is 386 g/mol. The number of anilines is 1. The minimum absolute atomic E-state index is 0.0629. The number of rotatable bonds is 6. The number of carbonyl (C=O) groups is 1. The molecule has 0 amide bonds. The summed E-state index contributed by atoms with van der Waals surface area (Å²) in [7, 11) is 0. The van der Waals surface area contributed by atoms with Crippen molar-refractivity contribution in [1.82, 2.24) is 9.97 Å². The first kappa shape index (κ1) is 21.4. The van der Waals surface area contributed by atoms with Gasteiger partial charge >= 0.3 is 0 Å². The third kappa shape index (κ3) is 3.94. The Morgan fingerprint density at radius 2 is 1.97 bits per heavy atom. The van der Waals surface area contributed by atoms with Gasteiger partial charge in [0.15, 0.2) is 5.78 Å². The number of piperidine rings is 1. The van der Waals surface area contributed by atoms with Gasteiger partial charge in [0, 0.05) is 48.0 Å². The molecule has 162 valence electrons. The number of aliphatic hydroxyl groups is 1. The molecule has 2 fully saturated rings. The van der Waals surface area contributed by atoms with Gasteiger partial charge in [-0.15, -0.1) is 0 Å². The number of carbonyl (C=O) groups excluding carboxylic acids is 1. The highest BCUT2D eigenvalue weighted by atomic mass is 16.3. The molecule has 2 aromatic rings. The minimum atomic E-state index is -0.495. The van der Waals surface area contributed by atoms with Crippen LogP contribution in [-0.2, 0) is 4.79 Å².